The van der Waals surface area contributed by atoms with E-state index < -0.39 is 0 Å². The van der Waals surface area contributed by atoms with Crippen molar-refractivity contribution in [3.63, 3.8) is 0 Å². The molecule has 0 aromatic carbocycles. The van der Waals surface area contributed by atoms with E-state index in [9.17, 15) is 0 Å². The van der Waals surface area contributed by atoms with E-state index in [0.29, 0.717) is 26.2 Å². The lowest BCUT2D eigenvalue weighted by Crippen LogP contribution is -2.46. The maximum atomic E-state index is 5.14. The van der Waals surface area contributed by atoms with Crippen LogP contribution in [0.2, 0.25) is 0 Å². The lowest BCUT2D eigenvalue weighted by molar-refractivity contribution is -0.161. The number of nitrogens with zero attached hydrogens (tertiary/aromatic N) is 2. The minimum atomic E-state index is 0.226. The number of hydrogen-bond acceptors (Lipinski definition) is 6. The summed E-state index contributed by atoms with van der Waals surface area (Å²) in [6.07, 6.45) is 0. The van der Waals surface area contributed by atoms with E-state index >= 15 is 0 Å². The highest BCUT2D eigenvalue weighted by Gasteiger charge is 2.19. The molecule has 0 bridgehead atoms. The van der Waals surface area contributed by atoms with Gasteiger partial charge in [-0.15, -0.1) is 10.1 Å². The van der Waals surface area contributed by atoms with Gasteiger partial charge in [-0.3, -0.25) is 0 Å². The van der Waals surface area contributed by atoms with Crippen molar-refractivity contribution < 1.29 is 9.68 Å². The smallest absolute Gasteiger partial charge is 0.241 e. The molecule has 1 rings (SSSR count). The molecule has 0 aromatic heterocycles. The molecule has 0 saturated carbocycles. The van der Waals surface area contributed by atoms with Crippen LogP contribution in [0.15, 0.2) is 0 Å². The number of thiocarbonyl (C=S) groups is 2. The SMILES string of the molecule is S=C(S)ON1CCN(OC(=S)S)CC1. The van der Waals surface area contributed by atoms with Crippen LogP contribution >= 0.6 is 49.7 Å². The van der Waals surface area contributed by atoms with Crippen molar-refractivity contribution in [1.82, 2.24) is 10.1 Å². The number of rotatable bonds is 2. The third kappa shape index (κ3) is 4.76. The van der Waals surface area contributed by atoms with E-state index in [4.69, 9.17) is 34.1 Å². The fourth-order valence-electron chi connectivity index (χ4n) is 1.07. The van der Waals surface area contributed by atoms with E-state index in [2.05, 4.69) is 25.3 Å². The van der Waals surface area contributed by atoms with Crippen LogP contribution in [-0.2, 0) is 9.68 Å². The summed E-state index contributed by atoms with van der Waals surface area (Å²) in [4.78, 5) is 10.3. The number of piperazine rings is 1. The van der Waals surface area contributed by atoms with Crippen molar-refractivity contribution in [1.29, 1.82) is 0 Å². The van der Waals surface area contributed by atoms with Crippen LogP contribution in [0.3, 0.4) is 0 Å². The summed E-state index contributed by atoms with van der Waals surface area (Å²) in [5.41, 5.74) is 0. The van der Waals surface area contributed by atoms with Crippen molar-refractivity contribution in [3.8, 4) is 0 Å². The molecule has 1 heterocycles. The number of hydrogen-bond donors (Lipinski definition) is 2. The van der Waals surface area contributed by atoms with Crippen molar-refractivity contribution in [2.75, 3.05) is 26.2 Å². The highest BCUT2D eigenvalue weighted by atomic mass is 32.1. The van der Waals surface area contributed by atoms with E-state index in [0.717, 1.165) is 0 Å². The van der Waals surface area contributed by atoms with Gasteiger partial charge >= 0.3 is 0 Å². The number of hydroxylamine groups is 4. The second-order valence-electron chi connectivity index (χ2n) is 2.57. The molecule has 1 saturated heterocycles. The Bertz CT molecular complexity index is 206. The quantitative estimate of drug-likeness (QED) is 0.571. The first kappa shape index (κ1) is 12.5. The molecule has 0 aromatic rings. The van der Waals surface area contributed by atoms with Gasteiger partial charge in [0.25, 0.3) is 0 Å². The van der Waals surface area contributed by atoms with Crippen molar-refractivity contribution in [2.45, 2.75) is 0 Å². The van der Waals surface area contributed by atoms with Crippen LogP contribution in [0.25, 0.3) is 0 Å². The predicted octanol–water partition coefficient (Wildman–Crippen LogP) is 0.897. The van der Waals surface area contributed by atoms with Gasteiger partial charge in [0.15, 0.2) is 0 Å². The van der Waals surface area contributed by atoms with Crippen LogP contribution in [0, 0.1) is 0 Å². The third-order valence-corrected chi connectivity index (χ3v) is 1.92. The fraction of sp³-hybridized carbons (Fsp3) is 0.667. The Morgan fingerprint density at radius 2 is 1.14 bits per heavy atom. The Labute approximate surface area is 104 Å². The van der Waals surface area contributed by atoms with Gasteiger partial charge in [0.05, 0.1) is 26.2 Å². The average Bonchev–Trinajstić information content (AvgIpc) is 2.06. The first-order valence-electron chi connectivity index (χ1n) is 3.89. The molecule has 0 aliphatic carbocycles. The molecule has 14 heavy (non-hydrogen) atoms. The highest BCUT2D eigenvalue weighted by Crippen LogP contribution is 2.05. The molecular weight excluding hydrogens is 260 g/mol. The maximum absolute atomic E-state index is 5.14. The second-order valence-corrected chi connectivity index (χ2v) is 4.73. The largest absolute Gasteiger partial charge is 0.387 e. The van der Waals surface area contributed by atoms with E-state index in [1.54, 1.807) is 10.1 Å². The van der Waals surface area contributed by atoms with Gasteiger partial charge in [0.1, 0.15) is 0 Å². The Hall–Kier alpha value is 0.400. The Balaban J connectivity index is 2.24. The fourth-order valence-corrected chi connectivity index (χ4v) is 1.51. The molecule has 4 nitrogen and oxygen atoms in total. The molecule has 1 aliphatic heterocycles. The molecule has 0 atom stereocenters. The van der Waals surface area contributed by atoms with Crippen molar-refractivity contribution >= 4 is 58.5 Å². The van der Waals surface area contributed by atoms with E-state index in [-0.39, 0.29) is 8.77 Å². The van der Waals surface area contributed by atoms with Crippen LogP contribution < -0.4 is 0 Å². The van der Waals surface area contributed by atoms with Gasteiger partial charge in [0.2, 0.25) is 8.77 Å². The molecule has 0 spiro atoms. The molecule has 80 valence electrons. The maximum Gasteiger partial charge on any atom is 0.241 e. The molecule has 1 fully saturated rings. The molecule has 0 radical (unpaired) electrons. The molecular formula is C6H10N2O2S4. The molecule has 1 aliphatic rings. The molecule has 0 unspecified atom stereocenters. The second kappa shape index (κ2) is 6.09. The summed E-state index contributed by atoms with van der Waals surface area (Å²) in [5, 5.41) is 3.47. The predicted molar refractivity (Wildman–Crippen MR) is 68.5 cm³/mol. The first-order chi connectivity index (χ1) is 6.58. The van der Waals surface area contributed by atoms with Crippen LogP contribution in [0.1, 0.15) is 0 Å². The average molecular weight is 270 g/mol. The molecule has 8 heteroatoms. The molecule has 0 amide bonds. The van der Waals surface area contributed by atoms with Crippen LogP contribution in [-0.4, -0.2) is 45.1 Å². The van der Waals surface area contributed by atoms with Crippen molar-refractivity contribution in [3.05, 3.63) is 0 Å². The summed E-state index contributed by atoms with van der Waals surface area (Å²) in [6.45, 7) is 2.77. The summed E-state index contributed by atoms with van der Waals surface area (Å²) in [5.74, 6) is 0. The number of thiol groups is 2. The third-order valence-electron chi connectivity index (χ3n) is 1.61. The minimum absolute atomic E-state index is 0.226. The summed E-state index contributed by atoms with van der Waals surface area (Å²) in [6, 6.07) is 0. The zero-order chi connectivity index (χ0) is 10.6. The zero-order valence-corrected chi connectivity index (χ0v) is 10.7. The van der Waals surface area contributed by atoms with Gasteiger partial charge in [-0.2, -0.15) is 0 Å². The normalized spacial score (nSPS) is 19.0. The highest BCUT2D eigenvalue weighted by molar-refractivity contribution is 8.10. The van der Waals surface area contributed by atoms with Crippen LogP contribution in [0.5, 0.6) is 0 Å². The molecule has 0 N–H and O–H groups in total. The van der Waals surface area contributed by atoms with Gasteiger partial charge in [0, 0.05) is 0 Å². The summed E-state index contributed by atoms with van der Waals surface area (Å²) >= 11 is 17.1. The first-order valence-corrected chi connectivity index (χ1v) is 5.60. The Morgan fingerprint density at radius 3 is 1.36 bits per heavy atom. The topological polar surface area (TPSA) is 24.9 Å². The summed E-state index contributed by atoms with van der Waals surface area (Å²) in [7, 11) is 0. The zero-order valence-electron chi connectivity index (χ0n) is 7.25. The van der Waals surface area contributed by atoms with Gasteiger partial charge in [-0.25, -0.2) is 0 Å². The monoisotopic (exact) mass is 270 g/mol. The standard InChI is InChI=1S/C6H10N2O2S4/c11-5(12)9-7-1-2-8(4-3-7)10-6(13)14/h1-4H2,(H,11,12)(H,13,14). The Morgan fingerprint density at radius 1 is 0.857 bits per heavy atom. The lowest BCUT2D eigenvalue weighted by Gasteiger charge is -2.32. The van der Waals surface area contributed by atoms with E-state index in [1.807, 2.05) is 0 Å². The van der Waals surface area contributed by atoms with Crippen LogP contribution in [0.4, 0.5) is 0 Å². The van der Waals surface area contributed by atoms with Crippen molar-refractivity contribution in [2.24, 2.45) is 0 Å². The van der Waals surface area contributed by atoms with Gasteiger partial charge in [-0.05, 0) is 24.4 Å². The summed E-state index contributed by atoms with van der Waals surface area (Å²) < 4.78 is 0.452. The van der Waals surface area contributed by atoms with Gasteiger partial charge in [-0.1, -0.05) is 25.3 Å². The lowest BCUT2D eigenvalue weighted by atomic mass is 10.4. The minimum Gasteiger partial charge on any atom is -0.387 e. The Kier molecular flexibility index (Phi) is 5.42. The van der Waals surface area contributed by atoms with E-state index in [1.165, 1.54) is 0 Å². The van der Waals surface area contributed by atoms with Gasteiger partial charge < -0.3 is 9.68 Å².